The molecule has 1 aliphatic rings. The molecule has 0 bridgehead atoms. The van der Waals surface area contributed by atoms with Crippen molar-refractivity contribution in [3.63, 3.8) is 0 Å². The van der Waals surface area contributed by atoms with Crippen LogP contribution in [0.5, 0.6) is 5.75 Å². The third kappa shape index (κ3) is 3.23. The molecule has 10 heteroatoms. The van der Waals surface area contributed by atoms with Crippen molar-refractivity contribution in [2.45, 2.75) is 13.0 Å². The summed E-state index contributed by atoms with van der Waals surface area (Å²) in [4.78, 5) is 46.4. The molecule has 1 aromatic carbocycles. The van der Waals surface area contributed by atoms with Gasteiger partial charge in [0.05, 0.1) is 16.9 Å². The fourth-order valence-electron chi connectivity index (χ4n) is 2.01. The highest BCUT2D eigenvalue weighted by atomic mass is 32.2. The van der Waals surface area contributed by atoms with Crippen molar-refractivity contribution in [1.29, 1.82) is 0 Å². The van der Waals surface area contributed by atoms with Gasteiger partial charge in [-0.05, 0) is 36.1 Å². The van der Waals surface area contributed by atoms with Crippen LogP contribution in [0.2, 0.25) is 0 Å². The number of methoxy groups -OCH3 is 1. The molecule has 0 aliphatic carbocycles. The van der Waals surface area contributed by atoms with Crippen LogP contribution in [0.1, 0.15) is 12.5 Å². The molecular formula is C14H11N2O7S-. The van der Waals surface area contributed by atoms with Gasteiger partial charge >= 0.3 is 5.97 Å². The fraction of sp³-hybridized carbons (Fsp3) is 0.214. The SMILES string of the molecule is COC(=O)[C@H](C)N1C(=O)S/C(=C\c2ccc([O-])c([N+](=O)[O-])c2)C1=O. The molecular weight excluding hydrogens is 340 g/mol. The van der Waals surface area contributed by atoms with E-state index >= 15 is 0 Å². The van der Waals surface area contributed by atoms with E-state index in [2.05, 4.69) is 4.74 Å². The van der Waals surface area contributed by atoms with Crippen molar-refractivity contribution in [2.75, 3.05) is 7.11 Å². The number of carbonyl (C=O) groups is 3. The van der Waals surface area contributed by atoms with Crippen LogP contribution in [0, 0.1) is 10.1 Å². The molecule has 1 heterocycles. The van der Waals surface area contributed by atoms with E-state index in [9.17, 15) is 29.6 Å². The van der Waals surface area contributed by atoms with Gasteiger partial charge in [0.15, 0.2) is 0 Å². The summed E-state index contributed by atoms with van der Waals surface area (Å²) in [5.74, 6) is -2.22. The molecule has 0 spiro atoms. The van der Waals surface area contributed by atoms with Gasteiger partial charge in [0, 0.05) is 6.07 Å². The van der Waals surface area contributed by atoms with Crippen LogP contribution in [-0.4, -0.2) is 40.1 Å². The zero-order valence-electron chi connectivity index (χ0n) is 12.5. The Labute approximate surface area is 140 Å². The molecule has 0 saturated carbocycles. The Bertz CT molecular complexity index is 774. The number of nitrogens with zero attached hydrogens (tertiary/aromatic N) is 2. The second kappa shape index (κ2) is 6.71. The summed E-state index contributed by atoms with van der Waals surface area (Å²) in [6, 6.07) is 2.23. The van der Waals surface area contributed by atoms with Crippen molar-refractivity contribution in [3.8, 4) is 5.75 Å². The van der Waals surface area contributed by atoms with Crippen LogP contribution in [0.25, 0.3) is 6.08 Å². The van der Waals surface area contributed by atoms with Crippen LogP contribution < -0.4 is 5.11 Å². The quantitative estimate of drug-likeness (QED) is 0.343. The number of benzene rings is 1. The minimum Gasteiger partial charge on any atom is -0.868 e. The van der Waals surface area contributed by atoms with Gasteiger partial charge in [-0.1, -0.05) is 12.1 Å². The number of hydrogen-bond donors (Lipinski definition) is 0. The number of ether oxygens (including phenoxy) is 1. The van der Waals surface area contributed by atoms with E-state index < -0.39 is 39.5 Å². The third-order valence-corrected chi connectivity index (χ3v) is 4.11. The summed E-state index contributed by atoms with van der Waals surface area (Å²) in [7, 11) is 1.14. The average Bonchev–Trinajstić information content (AvgIpc) is 2.81. The molecule has 126 valence electrons. The van der Waals surface area contributed by atoms with Crippen molar-refractivity contribution in [2.24, 2.45) is 0 Å². The number of nitro groups is 1. The lowest BCUT2D eigenvalue weighted by Crippen LogP contribution is -2.42. The molecule has 9 nitrogen and oxygen atoms in total. The normalized spacial score (nSPS) is 17.2. The van der Waals surface area contributed by atoms with Crippen LogP contribution in [0.15, 0.2) is 23.1 Å². The Kier molecular flexibility index (Phi) is 4.88. The first kappa shape index (κ1) is 17.5. The van der Waals surface area contributed by atoms with Crippen LogP contribution in [-0.2, 0) is 14.3 Å². The van der Waals surface area contributed by atoms with E-state index in [1.54, 1.807) is 0 Å². The number of esters is 1. The summed E-state index contributed by atoms with van der Waals surface area (Å²) >= 11 is 0.594. The number of nitro benzene ring substituents is 1. The molecule has 0 aromatic heterocycles. The van der Waals surface area contributed by atoms with Crippen molar-refractivity contribution in [1.82, 2.24) is 4.90 Å². The Morgan fingerprint density at radius 3 is 2.67 bits per heavy atom. The Morgan fingerprint density at radius 1 is 1.42 bits per heavy atom. The summed E-state index contributed by atoms with van der Waals surface area (Å²) in [6.45, 7) is 1.35. The monoisotopic (exact) mass is 351 g/mol. The zero-order chi connectivity index (χ0) is 18.0. The first-order chi connectivity index (χ1) is 11.3. The van der Waals surface area contributed by atoms with Crippen LogP contribution in [0.4, 0.5) is 10.5 Å². The Hall–Kier alpha value is -2.88. The molecule has 1 saturated heterocycles. The van der Waals surface area contributed by atoms with E-state index in [1.165, 1.54) is 19.1 Å². The van der Waals surface area contributed by atoms with E-state index in [-0.39, 0.29) is 10.5 Å². The van der Waals surface area contributed by atoms with Gasteiger partial charge in [0.25, 0.3) is 16.8 Å². The van der Waals surface area contributed by atoms with Gasteiger partial charge in [-0.3, -0.25) is 24.6 Å². The topological polar surface area (TPSA) is 130 Å². The summed E-state index contributed by atoms with van der Waals surface area (Å²) < 4.78 is 4.51. The number of hydrogen-bond acceptors (Lipinski definition) is 8. The van der Waals surface area contributed by atoms with Gasteiger partial charge in [-0.25, -0.2) is 4.79 Å². The maximum atomic E-state index is 12.3. The predicted molar refractivity (Wildman–Crippen MR) is 81.8 cm³/mol. The van der Waals surface area contributed by atoms with Crippen molar-refractivity contribution >= 4 is 40.6 Å². The standard InChI is InChI=1S/C14H12N2O7S/c1-7(13(19)23-2)15-12(18)11(24-14(15)20)6-8-3-4-10(17)9(5-8)16(21)22/h3-7,17H,1-2H3/p-1/b11-6-/t7-/m0/s1. The first-order valence-corrected chi connectivity index (χ1v) is 7.38. The molecule has 1 aromatic rings. The number of amides is 2. The molecule has 1 fully saturated rings. The molecule has 0 radical (unpaired) electrons. The molecule has 2 amide bonds. The van der Waals surface area contributed by atoms with E-state index in [4.69, 9.17) is 0 Å². The van der Waals surface area contributed by atoms with Gasteiger partial charge in [-0.2, -0.15) is 0 Å². The second-order valence-corrected chi connectivity index (χ2v) is 5.73. The zero-order valence-corrected chi connectivity index (χ0v) is 13.4. The first-order valence-electron chi connectivity index (χ1n) is 6.56. The van der Waals surface area contributed by atoms with Gasteiger partial charge in [0.2, 0.25) is 0 Å². The van der Waals surface area contributed by atoms with Crippen LogP contribution in [0.3, 0.4) is 0 Å². The highest BCUT2D eigenvalue weighted by Crippen LogP contribution is 2.34. The highest BCUT2D eigenvalue weighted by Gasteiger charge is 2.41. The Balaban J connectivity index is 2.34. The molecule has 1 aliphatic heterocycles. The number of carbonyl (C=O) groups excluding carboxylic acids is 3. The van der Waals surface area contributed by atoms with E-state index in [1.807, 2.05) is 0 Å². The van der Waals surface area contributed by atoms with E-state index in [0.717, 1.165) is 24.1 Å². The van der Waals surface area contributed by atoms with Crippen molar-refractivity contribution < 1.29 is 29.2 Å². The van der Waals surface area contributed by atoms with Gasteiger partial charge < -0.3 is 9.84 Å². The summed E-state index contributed by atoms with van der Waals surface area (Å²) in [5, 5.41) is 21.5. The lowest BCUT2D eigenvalue weighted by Gasteiger charge is -2.18. The lowest BCUT2D eigenvalue weighted by molar-refractivity contribution is -0.398. The minimum atomic E-state index is -1.09. The molecule has 2 rings (SSSR count). The predicted octanol–water partition coefficient (Wildman–Crippen LogP) is 1.27. The molecule has 1 atom stereocenters. The maximum absolute atomic E-state index is 12.3. The number of thioether (sulfide) groups is 1. The Morgan fingerprint density at radius 2 is 2.08 bits per heavy atom. The number of imide groups is 1. The molecule has 24 heavy (non-hydrogen) atoms. The molecule has 0 N–H and O–H groups in total. The lowest BCUT2D eigenvalue weighted by atomic mass is 10.1. The maximum Gasteiger partial charge on any atom is 0.328 e. The highest BCUT2D eigenvalue weighted by molar-refractivity contribution is 8.18. The smallest absolute Gasteiger partial charge is 0.328 e. The van der Waals surface area contributed by atoms with E-state index in [0.29, 0.717) is 11.8 Å². The largest absolute Gasteiger partial charge is 0.868 e. The minimum absolute atomic E-state index is 0.0105. The third-order valence-electron chi connectivity index (χ3n) is 3.23. The number of rotatable bonds is 4. The summed E-state index contributed by atoms with van der Waals surface area (Å²) in [6.07, 6.45) is 1.25. The van der Waals surface area contributed by atoms with Gasteiger partial charge in [-0.15, -0.1) is 0 Å². The summed E-state index contributed by atoms with van der Waals surface area (Å²) in [5.41, 5.74) is -0.413. The average molecular weight is 351 g/mol. The van der Waals surface area contributed by atoms with Crippen molar-refractivity contribution in [3.05, 3.63) is 38.8 Å². The van der Waals surface area contributed by atoms with Gasteiger partial charge in [0.1, 0.15) is 6.04 Å². The second-order valence-electron chi connectivity index (χ2n) is 4.74. The fourth-order valence-corrected chi connectivity index (χ4v) is 2.92. The van der Waals surface area contributed by atoms with Crippen LogP contribution >= 0.6 is 11.8 Å². The molecule has 0 unspecified atom stereocenters.